The molecule has 3 N–H and O–H groups in total. The van der Waals surface area contributed by atoms with Crippen LogP contribution in [0.2, 0.25) is 0 Å². The van der Waals surface area contributed by atoms with Gasteiger partial charge in [-0.15, -0.1) is 0 Å². The molecule has 0 aliphatic carbocycles. The molecule has 1 aliphatic rings. The van der Waals surface area contributed by atoms with Crippen molar-refractivity contribution in [3.8, 4) is 11.1 Å². The zero-order chi connectivity index (χ0) is 20.4. The summed E-state index contributed by atoms with van der Waals surface area (Å²) < 4.78 is 31.0. The number of likely N-dealkylation sites (N-methyl/N-ethyl adjacent to an activating group) is 1. The van der Waals surface area contributed by atoms with Crippen molar-refractivity contribution in [2.75, 3.05) is 19.4 Å². The van der Waals surface area contributed by atoms with Gasteiger partial charge in [-0.1, -0.05) is 18.2 Å². The number of aryl methyl sites for hydroxylation is 1. The van der Waals surface area contributed by atoms with Gasteiger partial charge in [0.2, 0.25) is 0 Å². The van der Waals surface area contributed by atoms with Gasteiger partial charge in [-0.2, -0.15) is 0 Å². The minimum atomic E-state index is -0.869. The Labute approximate surface area is 163 Å². The third kappa shape index (κ3) is 2.63. The fraction of sp³-hybridized carbons (Fsp3) is 0.364. The van der Waals surface area contributed by atoms with Crippen molar-refractivity contribution in [1.29, 1.82) is 0 Å². The molecule has 0 spiro atoms. The number of nitrogens with zero attached hydrogens (tertiary/aromatic N) is 1. The summed E-state index contributed by atoms with van der Waals surface area (Å²) in [5, 5.41) is 14.9. The molecule has 28 heavy (non-hydrogen) atoms. The number of anilines is 1. The Hall–Kier alpha value is -2.44. The van der Waals surface area contributed by atoms with Crippen molar-refractivity contribution in [3.05, 3.63) is 53.2 Å². The summed E-state index contributed by atoms with van der Waals surface area (Å²) in [6.45, 7) is 5.60. The number of hydrogen-bond acceptors (Lipinski definition) is 3. The molecule has 0 amide bonds. The number of halogens is 2. The number of fused-ring (bicyclic) bond motifs is 2. The number of aliphatic hydroxyl groups is 1. The van der Waals surface area contributed by atoms with Crippen LogP contribution in [-0.2, 0) is 0 Å². The van der Waals surface area contributed by atoms with E-state index in [1.54, 1.807) is 31.1 Å². The van der Waals surface area contributed by atoms with Crippen LogP contribution in [0.4, 0.5) is 14.5 Å². The Bertz CT molecular complexity index is 1070. The molecule has 2 heterocycles. The molecule has 4 nitrogen and oxygen atoms in total. The van der Waals surface area contributed by atoms with E-state index in [0.717, 1.165) is 10.9 Å². The lowest BCUT2D eigenvalue weighted by molar-refractivity contribution is 0.0261. The van der Waals surface area contributed by atoms with Crippen molar-refractivity contribution < 1.29 is 13.9 Å². The number of benzene rings is 2. The number of nitrogens with one attached hydrogen (secondary N) is 2. The highest BCUT2D eigenvalue weighted by atomic mass is 19.1. The van der Waals surface area contributed by atoms with Crippen LogP contribution in [0.15, 0.2) is 30.5 Å². The third-order valence-electron chi connectivity index (χ3n) is 5.80. The lowest BCUT2D eigenvalue weighted by Gasteiger charge is -2.46. The van der Waals surface area contributed by atoms with E-state index >= 15 is 8.78 Å². The van der Waals surface area contributed by atoms with Gasteiger partial charge in [0.05, 0.1) is 28.8 Å². The van der Waals surface area contributed by atoms with E-state index in [-0.39, 0.29) is 11.1 Å². The molecular formula is C22H25F2N3O. The van der Waals surface area contributed by atoms with Gasteiger partial charge in [-0.3, -0.25) is 4.90 Å². The van der Waals surface area contributed by atoms with Crippen LogP contribution in [0.1, 0.15) is 31.0 Å². The largest absolute Gasteiger partial charge is 0.389 e. The van der Waals surface area contributed by atoms with E-state index in [0.29, 0.717) is 16.8 Å². The molecule has 0 saturated carbocycles. The summed E-state index contributed by atoms with van der Waals surface area (Å²) in [5.41, 5.74) is 2.05. The molecule has 4 rings (SSSR count). The predicted octanol–water partition coefficient (Wildman–Crippen LogP) is 4.59. The van der Waals surface area contributed by atoms with Gasteiger partial charge >= 0.3 is 0 Å². The Kier molecular flexibility index (Phi) is 4.25. The molecule has 2 aromatic carbocycles. The number of hydrogen-bond donors (Lipinski definition) is 3. The van der Waals surface area contributed by atoms with Crippen LogP contribution in [0.5, 0.6) is 0 Å². The fourth-order valence-corrected chi connectivity index (χ4v) is 4.29. The summed E-state index contributed by atoms with van der Waals surface area (Å²) in [7, 11) is 3.58. The highest BCUT2D eigenvalue weighted by molar-refractivity contribution is 5.96. The molecular weight excluding hydrogens is 360 g/mol. The minimum Gasteiger partial charge on any atom is -0.389 e. The van der Waals surface area contributed by atoms with E-state index in [1.807, 2.05) is 33.0 Å². The van der Waals surface area contributed by atoms with Crippen LogP contribution >= 0.6 is 0 Å². The van der Waals surface area contributed by atoms with Crippen LogP contribution < -0.4 is 5.32 Å². The first-order valence-electron chi connectivity index (χ1n) is 9.35. The number of H-pyrrole nitrogens is 1. The molecule has 148 valence electrons. The molecule has 2 atom stereocenters. The maximum Gasteiger partial charge on any atom is 0.141 e. The van der Waals surface area contributed by atoms with Crippen LogP contribution in [-0.4, -0.2) is 40.7 Å². The first-order valence-corrected chi connectivity index (χ1v) is 9.35. The minimum absolute atomic E-state index is 0.0771. The van der Waals surface area contributed by atoms with Gasteiger partial charge < -0.3 is 15.4 Å². The predicted molar refractivity (Wildman–Crippen MR) is 109 cm³/mol. The Morgan fingerprint density at radius 3 is 2.57 bits per heavy atom. The summed E-state index contributed by atoms with van der Waals surface area (Å²) in [5.74, 6) is -1.27. The summed E-state index contributed by atoms with van der Waals surface area (Å²) in [6, 6.07) is 6.18. The summed E-state index contributed by atoms with van der Waals surface area (Å²) in [6.07, 6.45) is 0.963. The molecule has 1 unspecified atom stereocenters. The zero-order valence-corrected chi connectivity index (χ0v) is 16.7. The van der Waals surface area contributed by atoms with E-state index in [2.05, 4.69) is 10.3 Å². The molecule has 0 fully saturated rings. The van der Waals surface area contributed by atoms with Crippen LogP contribution in [0.3, 0.4) is 0 Å². The van der Waals surface area contributed by atoms with Crippen molar-refractivity contribution in [2.45, 2.75) is 38.5 Å². The fourth-order valence-electron chi connectivity index (χ4n) is 4.29. The van der Waals surface area contributed by atoms with Crippen molar-refractivity contribution >= 4 is 16.6 Å². The standard InChI is InChI=1S/C22H25F2N3O/c1-11-10-25-19-12(11)7-6-8-13(19)16-14(23)9-15-17(18(16)24)20(27(4)5)21(28)22(2,3)26-15/h6-10,20-21,25-26,28H,1-5H3/t20-,21?/m0/s1. The van der Waals surface area contributed by atoms with Crippen molar-refractivity contribution in [2.24, 2.45) is 0 Å². The van der Waals surface area contributed by atoms with E-state index in [4.69, 9.17) is 0 Å². The van der Waals surface area contributed by atoms with Crippen LogP contribution in [0, 0.1) is 18.6 Å². The second-order valence-corrected chi connectivity index (χ2v) is 8.41. The third-order valence-corrected chi connectivity index (χ3v) is 5.80. The quantitative estimate of drug-likeness (QED) is 0.605. The normalized spacial score (nSPS) is 21.0. The lowest BCUT2D eigenvalue weighted by Crippen LogP contribution is -2.54. The number of para-hydroxylation sites is 1. The molecule has 3 aromatic rings. The zero-order valence-electron chi connectivity index (χ0n) is 16.7. The van der Waals surface area contributed by atoms with Crippen molar-refractivity contribution in [3.63, 3.8) is 0 Å². The lowest BCUT2D eigenvalue weighted by atomic mass is 9.80. The highest BCUT2D eigenvalue weighted by Gasteiger charge is 2.44. The Balaban J connectivity index is 2.02. The van der Waals surface area contributed by atoms with E-state index in [9.17, 15) is 5.11 Å². The molecule has 0 radical (unpaired) electrons. The van der Waals surface area contributed by atoms with Gasteiger partial charge in [0.25, 0.3) is 0 Å². The molecule has 1 aliphatic heterocycles. The smallest absolute Gasteiger partial charge is 0.141 e. The monoisotopic (exact) mass is 385 g/mol. The van der Waals surface area contributed by atoms with Crippen LogP contribution in [0.25, 0.3) is 22.0 Å². The number of aromatic nitrogens is 1. The average Bonchev–Trinajstić information content (AvgIpc) is 2.98. The van der Waals surface area contributed by atoms with Gasteiger partial charge in [0.15, 0.2) is 0 Å². The molecule has 6 heteroatoms. The molecule has 1 aromatic heterocycles. The summed E-state index contributed by atoms with van der Waals surface area (Å²) >= 11 is 0. The summed E-state index contributed by atoms with van der Waals surface area (Å²) in [4.78, 5) is 4.91. The molecule has 0 saturated heterocycles. The Morgan fingerprint density at radius 1 is 1.18 bits per heavy atom. The average molecular weight is 385 g/mol. The van der Waals surface area contributed by atoms with Gasteiger partial charge in [0, 0.05) is 28.4 Å². The Morgan fingerprint density at radius 2 is 1.89 bits per heavy atom. The van der Waals surface area contributed by atoms with E-state index < -0.39 is 29.3 Å². The van der Waals surface area contributed by atoms with Gasteiger partial charge in [0.1, 0.15) is 11.6 Å². The SMILES string of the molecule is Cc1c[nH]c2c(-c3c(F)cc4c(c3F)[C@H](N(C)C)C(O)C(C)(C)N4)cccc12. The van der Waals surface area contributed by atoms with Crippen molar-refractivity contribution in [1.82, 2.24) is 9.88 Å². The highest BCUT2D eigenvalue weighted by Crippen LogP contribution is 2.45. The second-order valence-electron chi connectivity index (χ2n) is 8.41. The number of aromatic amines is 1. The number of aliphatic hydroxyl groups excluding tert-OH is 1. The van der Waals surface area contributed by atoms with Gasteiger partial charge in [-0.05, 0) is 46.5 Å². The maximum absolute atomic E-state index is 15.8. The van der Waals surface area contributed by atoms with Gasteiger partial charge in [-0.25, -0.2) is 8.78 Å². The second kappa shape index (κ2) is 6.29. The molecule has 0 bridgehead atoms. The topological polar surface area (TPSA) is 51.3 Å². The maximum atomic E-state index is 15.8. The first kappa shape index (κ1) is 18.9. The first-order chi connectivity index (χ1) is 13.1. The number of rotatable bonds is 2. The van der Waals surface area contributed by atoms with E-state index in [1.165, 1.54) is 6.07 Å².